The molecule has 1 aromatic rings. The van der Waals surface area contributed by atoms with Crippen molar-refractivity contribution < 1.29 is 18.7 Å². The minimum absolute atomic E-state index is 0.0198. The van der Waals surface area contributed by atoms with Crippen molar-refractivity contribution in [3.63, 3.8) is 0 Å². The van der Waals surface area contributed by atoms with Gasteiger partial charge in [-0.1, -0.05) is 24.3 Å². The van der Waals surface area contributed by atoms with Crippen molar-refractivity contribution in [2.45, 2.75) is 39.5 Å². The summed E-state index contributed by atoms with van der Waals surface area (Å²) in [5.74, 6) is 0.654. The quantitative estimate of drug-likeness (QED) is 0.287. The number of rotatable bonds is 10. The predicted molar refractivity (Wildman–Crippen MR) is 150 cm³/mol. The zero-order valence-electron chi connectivity index (χ0n) is 22.4. The highest BCUT2D eigenvalue weighted by atomic mass is 19.1. The van der Waals surface area contributed by atoms with E-state index < -0.39 is 0 Å². The second-order valence-corrected chi connectivity index (χ2v) is 9.97. The molecule has 0 N–H and O–H groups in total. The van der Waals surface area contributed by atoms with Crippen molar-refractivity contribution in [1.82, 2.24) is 9.80 Å². The van der Waals surface area contributed by atoms with Crippen molar-refractivity contribution >= 4 is 18.2 Å². The van der Waals surface area contributed by atoms with Crippen molar-refractivity contribution in [2.24, 2.45) is 10.4 Å². The second-order valence-electron chi connectivity index (χ2n) is 9.97. The number of hydrogen-bond acceptors (Lipinski definition) is 5. The number of amides is 1. The molecule has 38 heavy (non-hydrogen) atoms. The Labute approximate surface area is 225 Å². The summed E-state index contributed by atoms with van der Waals surface area (Å²) in [6.07, 6.45) is 18.7. The summed E-state index contributed by atoms with van der Waals surface area (Å²) in [6.45, 7) is 8.38. The first-order valence-electron chi connectivity index (χ1n) is 13.5. The Morgan fingerprint density at radius 3 is 2.68 bits per heavy atom. The molecule has 6 nitrogen and oxygen atoms in total. The SMILES string of the molecule is CCO\C=C/C(=C\C(=C\c1ccc(F)cc1)OCC)CN1CCC2(CC1)CC(=O)N(C1=CCC=CN=C1)C2. The van der Waals surface area contributed by atoms with Gasteiger partial charge in [0.2, 0.25) is 5.91 Å². The van der Waals surface area contributed by atoms with Gasteiger partial charge in [0.1, 0.15) is 11.6 Å². The van der Waals surface area contributed by atoms with E-state index in [1.165, 1.54) is 12.1 Å². The molecular weight excluding hydrogens is 481 g/mol. The summed E-state index contributed by atoms with van der Waals surface area (Å²) in [5, 5.41) is 0. The molecule has 3 aliphatic heterocycles. The highest BCUT2D eigenvalue weighted by Crippen LogP contribution is 2.42. The van der Waals surface area contributed by atoms with Gasteiger partial charge in [-0.25, -0.2) is 4.39 Å². The Balaban J connectivity index is 1.43. The van der Waals surface area contributed by atoms with Crippen LogP contribution in [0.5, 0.6) is 0 Å². The Morgan fingerprint density at radius 2 is 1.95 bits per heavy atom. The summed E-state index contributed by atoms with van der Waals surface area (Å²) in [7, 11) is 0. The number of hydrogen-bond donors (Lipinski definition) is 0. The van der Waals surface area contributed by atoms with E-state index in [4.69, 9.17) is 9.47 Å². The standard InChI is InChI=1S/C31H38FN3O3/c1-3-37-18-12-26(20-29(38-4-2)19-25-8-10-27(32)11-9-25)23-34-16-13-31(14-17-34)21-30(36)35(24-31)28-7-5-6-15-33-22-28/h6-12,15,18-20,22H,3-5,13-14,16-17,21,23-24H2,1-2H3/b18-12-,26-20+,29-19-. The molecule has 3 heterocycles. The van der Waals surface area contributed by atoms with Crippen LogP contribution in [0, 0.1) is 11.2 Å². The molecular formula is C31H38FN3O3. The van der Waals surface area contributed by atoms with Crippen molar-refractivity contribution in [3.05, 3.63) is 89.4 Å². The maximum absolute atomic E-state index is 13.4. The van der Waals surface area contributed by atoms with Crippen LogP contribution in [0.3, 0.4) is 0 Å². The normalized spacial score (nSPS) is 20.3. The molecule has 1 spiro atoms. The maximum Gasteiger partial charge on any atom is 0.227 e. The van der Waals surface area contributed by atoms with E-state index in [1.807, 2.05) is 43.1 Å². The lowest BCUT2D eigenvalue weighted by Crippen LogP contribution is -2.42. The van der Waals surface area contributed by atoms with Gasteiger partial charge in [-0.2, -0.15) is 0 Å². The molecule has 202 valence electrons. The van der Waals surface area contributed by atoms with E-state index in [-0.39, 0.29) is 17.1 Å². The van der Waals surface area contributed by atoms with Crippen LogP contribution < -0.4 is 0 Å². The largest absolute Gasteiger partial charge is 0.501 e. The van der Waals surface area contributed by atoms with Crippen molar-refractivity contribution in [3.8, 4) is 0 Å². The van der Waals surface area contributed by atoms with Crippen LogP contribution in [0.4, 0.5) is 4.39 Å². The summed E-state index contributed by atoms with van der Waals surface area (Å²) < 4.78 is 24.7. The number of halogens is 1. The van der Waals surface area contributed by atoms with Gasteiger partial charge >= 0.3 is 0 Å². The number of allylic oxidation sites excluding steroid dienone is 4. The fraction of sp³-hybridized carbons (Fsp3) is 0.419. The third kappa shape index (κ3) is 7.54. The van der Waals surface area contributed by atoms with Crippen LogP contribution in [0.15, 0.2) is 83.1 Å². The van der Waals surface area contributed by atoms with Gasteiger partial charge in [0.15, 0.2) is 0 Å². The van der Waals surface area contributed by atoms with E-state index in [9.17, 15) is 9.18 Å². The van der Waals surface area contributed by atoms with Crippen LogP contribution in [-0.2, 0) is 14.3 Å². The summed E-state index contributed by atoms with van der Waals surface area (Å²) in [5.41, 5.74) is 2.88. The average Bonchev–Trinajstić information content (AvgIpc) is 3.06. The molecule has 2 fully saturated rings. The number of nitrogens with zero attached hydrogens (tertiary/aromatic N) is 3. The molecule has 0 aromatic heterocycles. The number of benzene rings is 1. The first-order chi connectivity index (χ1) is 18.5. The molecule has 2 saturated heterocycles. The third-order valence-electron chi connectivity index (χ3n) is 7.18. The Kier molecular flexibility index (Phi) is 9.71. The third-order valence-corrected chi connectivity index (χ3v) is 7.18. The molecule has 0 atom stereocenters. The number of ether oxygens (including phenoxy) is 2. The van der Waals surface area contributed by atoms with E-state index in [2.05, 4.69) is 16.0 Å². The number of likely N-dealkylation sites (tertiary alicyclic amines) is 2. The predicted octanol–water partition coefficient (Wildman–Crippen LogP) is 5.87. The van der Waals surface area contributed by atoms with E-state index >= 15 is 0 Å². The number of aliphatic imine (C=N–C) groups is 1. The van der Waals surface area contributed by atoms with Crippen LogP contribution in [0.2, 0.25) is 0 Å². The van der Waals surface area contributed by atoms with Gasteiger partial charge in [0.05, 0.1) is 31.4 Å². The average molecular weight is 520 g/mol. The fourth-order valence-electron chi connectivity index (χ4n) is 5.15. The lowest BCUT2D eigenvalue weighted by atomic mass is 9.77. The second kappa shape index (κ2) is 13.4. The lowest BCUT2D eigenvalue weighted by Gasteiger charge is -2.39. The topological polar surface area (TPSA) is 54.4 Å². The van der Waals surface area contributed by atoms with Gasteiger partial charge in [0.25, 0.3) is 0 Å². The molecule has 1 amide bonds. The Bertz CT molecular complexity index is 1140. The Morgan fingerprint density at radius 1 is 1.16 bits per heavy atom. The summed E-state index contributed by atoms with van der Waals surface area (Å²) in [6, 6.07) is 6.37. The molecule has 4 rings (SSSR count). The van der Waals surface area contributed by atoms with Crippen LogP contribution in [-0.4, -0.2) is 61.3 Å². The van der Waals surface area contributed by atoms with Gasteiger partial charge in [0, 0.05) is 25.7 Å². The van der Waals surface area contributed by atoms with E-state index in [0.29, 0.717) is 25.4 Å². The number of piperidine rings is 1. The highest BCUT2D eigenvalue weighted by Gasteiger charge is 2.45. The summed E-state index contributed by atoms with van der Waals surface area (Å²) in [4.78, 5) is 21.6. The van der Waals surface area contributed by atoms with Gasteiger partial charge in [-0.05, 0) is 93.1 Å². The van der Waals surface area contributed by atoms with Crippen molar-refractivity contribution in [2.75, 3.05) is 39.4 Å². The molecule has 0 bridgehead atoms. The van der Waals surface area contributed by atoms with Gasteiger partial charge < -0.3 is 14.4 Å². The summed E-state index contributed by atoms with van der Waals surface area (Å²) >= 11 is 0. The van der Waals surface area contributed by atoms with Crippen LogP contribution in [0.1, 0.15) is 45.1 Å². The molecule has 3 aliphatic rings. The fourth-order valence-corrected chi connectivity index (χ4v) is 5.15. The Hall–Kier alpha value is -3.45. The van der Waals surface area contributed by atoms with Gasteiger partial charge in [-0.3, -0.25) is 14.7 Å². The molecule has 1 aromatic carbocycles. The molecule has 7 heteroatoms. The maximum atomic E-state index is 13.4. The minimum atomic E-state index is -0.262. The number of carbonyl (C=O) groups excluding carboxylic acids is 1. The highest BCUT2D eigenvalue weighted by molar-refractivity contribution is 5.90. The van der Waals surface area contributed by atoms with E-state index in [0.717, 1.165) is 62.3 Å². The smallest absolute Gasteiger partial charge is 0.227 e. The lowest BCUT2D eigenvalue weighted by molar-refractivity contribution is -0.126. The number of carbonyl (C=O) groups is 1. The first kappa shape index (κ1) is 27.6. The zero-order chi connectivity index (χ0) is 26.8. The molecule has 0 saturated carbocycles. The first-order valence-corrected chi connectivity index (χ1v) is 13.5. The zero-order valence-corrected chi connectivity index (χ0v) is 22.4. The minimum Gasteiger partial charge on any atom is -0.501 e. The van der Waals surface area contributed by atoms with Gasteiger partial charge in [-0.15, -0.1) is 0 Å². The molecule has 0 radical (unpaired) electrons. The van der Waals surface area contributed by atoms with Crippen LogP contribution in [0.25, 0.3) is 6.08 Å². The molecule has 0 unspecified atom stereocenters. The van der Waals surface area contributed by atoms with Crippen molar-refractivity contribution in [1.29, 1.82) is 0 Å². The van der Waals surface area contributed by atoms with Crippen LogP contribution >= 0.6 is 0 Å². The monoisotopic (exact) mass is 519 g/mol. The molecule has 0 aliphatic carbocycles. The van der Waals surface area contributed by atoms with E-state index in [1.54, 1.807) is 30.8 Å².